The smallest absolute Gasteiger partial charge is 0.232 e. The zero-order valence-corrected chi connectivity index (χ0v) is 14.1. The highest BCUT2D eigenvalue weighted by molar-refractivity contribution is 5.72. The highest BCUT2D eigenvalue weighted by Crippen LogP contribution is 2.23. The molecule has 0 saturated heterocycles. The van der Waals surface area contributed by atoms with E-state index in [4.69, 9.17) is 5.84 Å². The molecule has 1 aromatic heterocycles. The molecule has 8 nitrogen and oxygen atoms in total. The van der Waals surface area contributed by atoms with Crippen LogP contribution in [0.15, 0.2) is 54.9 Å². The Morgan fingerprint density at radius 3 is 2.12 bits per heavy atom. The fraction of sp³-hybridized carbons (Fsp3) is 0.118. The minimum atomic E-state index is 0.421. The second-order valence-electron chi connectivity index (χ2n) is 5.51. The van der Waals surface area contributed by atoms with Crippen LogP contribution in [0.25, 0.3) is 0 Å². The van der Waals surface area contributed by atoms with Crippen molar-refractivity contribution in [2.24, 2.45) is 5.84 Å². The Morgan fingerprint density at radius 2 is 1.48 bits per heavy atom. The van der Waals surface area contributed by atoms with Gasteiger partial charge in [0.2, 0.25) is 11.9 Å². The molecular weight excluding hydrogens is 316 g/mol. The minimum absolute atomic E-state index is 0.421. The molecule has 0 atom stereocenters. The van der Waals surface area contributed by atoms with E-state index in [0.29, 0.717) is 11.9 Å². The van der Waals surface area contributed by atoms with E-state index in [-0.39, 0.29) is 0 Å². The molecule has 3 aromatic rings. The Bertz CT molecular complexity index is 832. The van der Waals surface area contributed by atoms with Crippen LogP contribution in [-0.2, 0) is 0 Å². The summed E-state index contributed by atoms with van der Waals surface area (Å²) in [5.41, 5.74) is 6.17. The average Bonchev–Trinajstić information content (AvgIpc) is 2.63. The van der Waals surface area contributed by atoms with Crippen molar-refractivity contribution in [2.45, 2.75) is 0 Å². The zero-order chi connectivity index (χ0) is 17.6. The van der Waals surface area contributed by atoms with E-state index in [1.807, 2.05) is 67.5 Å². The molecule has 25 heavy (non-hydrogen) atoms. The van der Waals surface area contributed by atoms with E-state index in [0.717, 1.165) is 22.7 Å². The van der Waals surface area contributed by atoms with Crippen molar-refractivity contribution in [3.8, 4) is 0 Å². The van der Waals surface area contributed by atoms with Gasteiger partial charge in [-0.1, -0.05) is 12.1 Å². The van der Waals surface area contributed by atoms with Gasteiger partial charge in [0.1, 0.15) is 6.33 Å². The first-order valence-electron chi connectivity index (χ1n) is 7.72. The third kappa shape index (κ3) is 4.12. The van der Waals surface area contributed by atoms with Crippen molar-refractivity contribution in [1.29, 1.82) is 0 Å². The number of nitrogens with two attached hydrogens (primary N) is 1. The predicted molar refractivity (Wildman–Crippen MR) is 101 cm³/mol. The van der Waals surface area contributed by atoms with Crippen molar-refractivity contribution in [3.05, 3.63) is 54.9 Å². The van der Waals surface area contributed by atoms with Crippen molar-refractivity contribution < 1.29 is 0 Å². The van der Waals surface area contributed by atoms with Gasteiger partial charge in [-0.2, -0.15) is 4.98 Å². The lowest BCUT2D eigenvalue weighted by Crippen LogP contribution is -2.10. The summed E-state index contributed by atoms with van der Waals surface area (Å²) in [6.07, 6.45) is 1.45. The Balaban J connectivity index is 1.75. The molecule has 5 N–H and O–H groups in total. The molecule has 128 valence electrons. The number of nitrogen functional groups attached to an aromatic ring is 1. The molecule has 0 aliphatic carbocycles. The molecule has 0 bridgehead atoms. The second-order valence-corrected chi connectivity index (χ2v) is 5.51. The van der Waals surface area contributed by atoms with E-state index < -0.39 is 0 Å². The Kier molecular flexibility index (Phi) is 4.91. The van der Waals surface area contributed by atoms with Gasteiger partial charge >= 0.3 is 0 Å². The molecule has 0 radical (unpaired) electrons. The quantitative estimate of drug-likeness (QED) is 0.402. The highest BCUT2D eigenvalue weighted by Gasteiger charge is 2.05. The van der Waals surface area contributed by atoms with Crippen LogP contribution in [0.4, 0.5) is 34.6 Å². The number of nitrogens with zero attached hydrogens (tertiary/aromatic N) is 4. The summed E-state index contributed by atoms with van der Waals surface area (Å²) in [4.78, 5) is 14.7. The lowest BCUT2D eigenvalue weighted by Gasteiger charge is -2.13. The van der Waals surface area contributed by atoms with Gasteiger partial charge in [0.05, 0.1) is 11.4 Å². The highest BCUT2D eigenvalue weighted by atomic mass is 15.2. The Labute approximate surface area is 146 Å². The number of hydrogen-bond acceptors (Lipinski definition) is 8. The number of para-hydroxylation sites is 2. The molecule has 0 unspecified atom stereocenters. The average molecular weight is 336 g/mol. The first-order chi connectivity index (χ1) is 12.2. The van der Waals surface area contributed by atoms with E-state index in [9.17, 15) is 0 Å². The van der Waals surface area contributed by atoms with Crippen LogP contribution >= 0.6 is 0 Å². The van der Waals surface area contributed by atoms with Gasteiger partial charge in [-0.15, -0.1) is 0 Å². The van der Waals surface area contributed by atoms with Gasteiger partial charge in [0.25, 0.3) is 0 Å². The standard InChI is InChI=1S/C17H20N8/c1-25(2)13-9-7-12(8-10-13)21-16-19-11-20-17(23-16)22-14-5-3-4-6-15(14)24-18/h3-11,24H,18H2,1-2H3,(H2,19,20,21,22,23). The summed E-state index contributed by atoms with van der Waals surface area (Å²) in [5.74, 6) is 6.38. The summed E-state index contributed by atoms with van der Waals surface area (Å²) in [6, 6.07) is 15.5. The largest absolute Gasteiger partial charge is 0.378 e. The summed E-state index contributed by atoms with van der Waals surface area (Å²) in [7, 11) is 4.00. The third-order valence-corrected chi connectivity index (χ3v) is 3.54. The van der Waals surface area contributed by atoms with Crippen molar-refractivity contribution in [1.82, 2.24) is 15.0 Å². The Hall–Kier alpha value is -3.39. The van der Waals surface area contributed by atoms with Gasteiger partial charge in [0.15, 0.2) is 0 Å². The number of rotatable bonds is 6. The van der Waals surface area contributed by atoms with Crippen LogP contribution in [0, 0.1) is 0 Å². The molecule has 0 amide bonds. The van der Waals surface area contributed by atoms with Crippen molar-refractivity contribution in [2.75, 3.05) is 35.1 Å². The van der Waals surface area contributed by atoms with Gasteiger partial charge in [-0.05, 0) is 36.4 Å². The second kappa shape index (κ2) is 7.45. The van der Waals surface area contributed by atoms with Crippen molar-refractivity contribution >= 4 is 34.6 Å². The lowest BCUT2D eigenvalue weighted by atomic mass is 10.2. The van der Waals surface area contributed by atoms with E-state index in [1.54, 1.807) is 0 Å². The number of nitrogens with one attached hydrogen (secondary N) is 3. The number of benzene rings is 2. The van der Waals surface area contributed by atoms with Gasteiger partial charge in [0, 0.05) is 25.5 Å². The fourth-order valence-electron chi connectivity index (χ4n) is 2.23. The third-order valence-electron chi connectivity index (χ3n) is 3.54. The summed E-state index contributed by atoms with van der Waals surface area (Å²) in [6.45, 7) is 0. The SMILES string of the molecule is CN(C)c1ccc(Nc2ncnc(Nc3ccccc3NN)n2)cc1. The molecule has 1 heterocycles. The fourth-order valence-corrected chi connectivity index (χ4v) is 2.23. The summed E-state index contributed by atoms with van der Waals surface area (Å²) >= 11 is 0. The lowest BCUT2D eigenvalue weighted by molar-refractivity contribution is 1.06. The summed E-state index contributed by atoms with van der Waals surface area (Å²) in [5, 5.41) is 6.29. The van der Waals surface area contributed by atoms with Crippen molar-refractivity contribution in [3.63, 3.8) is 0 Å². The topological polar surface area (TPSA) is 104 Å². The molecule has 0 aliphatic heterocycles. The molecular formula is C17H20N8. The maximum Gasteiger partial charge on any atom is 0.232 e. The number of anilines is 6. The number of hydrogen-bond donors (Lipinski definition) is 4. The number of aromatic nitrogens is 3. The normalized spacial score (nSPS) is 10.2. The monoisotopic (exact) mass is 336 g/mol. The van der Waals surface area contributed by atoms with Crippen LogP contribution in [0.5, 0.6) is 0 Å². The van der Waals surface area contributed by atoms with Crippen LogP contribution in [0.3, 0.4) is 0 Å². The van der Waals surface area contributed by atoms with Crippen LogP contribution in [-0.4, -0.2) is 29.0 Å². The molecule has 0 saturated carbocycles. The first kappa shape index (κ1) is 16.5. The van der Waals surface area contributed by atoms with Crippen LogP contribution in [0.1, 0.15) is 0 Å². The Morgan fingerprint density at radius 1 is 0.840 bits per heavy atom. The molecule has 0 aliphatic rings. The maximum atomic E-state index is 5.51. The minimum Gasteiger partial charge on any atom is -0.378 e. The molecule has 2 aromatic carbocycles. The van der Waals surface area contributed by atoms with Crippen LogP contribution in [0.2, 0.25) is 0 Å². The number of hydrazine groups is 1. The predicted octanol–water partition coefficient (Wildman–Crippen LogP) is 2.71. The van der Waals surface area contributed by atoms with Gasteiger partial charge < -0.3 is 21.0 Å². The van der Waals surface area contributed by atoms with E-state index in [1.165, 1.54) is 6.33 Å². The van der Waals surface area contributed by atoms with Crippen LogP contribution < -0.4 is 26.8 Å². The zero-order valence-electron chi connectivity index (χ0n) is 14.1. The molecule has 8 heteroatoms. The van der Waals surface area contributed by atoms with E-state index >= 15 is 0 Å². The molecule has 0 spiro atoms. The maximum absolute atomic E-state index is 5.51. The first-order valence-corrected chi connectivity index (χ1v) is 7.72. The molecule has 0 fully saturated rings. The van der Waals surface area contributed by atoms with Gasteiger partial charge in [-0.3, -0.25) is 5.84 Å². The van der Waals surface area contributed by atoms with Gasteiger partial charge in [-0.25, -0.2) is 9.97 Å². The summed E-state index contributed by atoms with van der Waals surface area (Å²) < 4.78 is 0. The molecule has 3 rings (SSSR count). The van der Waals surface area contributed by atoms with E-state index in [2.05, 4.69) is 31.0 Å².